The minimum absolute atomic E-state index is 0. The largest absolute Gasteiger partial charge is 0.358 e. The zero-order valence-electron chi connectivity index (χ0n) is 18.1. The average Bonchev–Trinajstić information content (AvgIpc) is 3.52. The van der Waals surface area contributed by atoms with Crippen molar-refractivity contribution in [3.63, 3.8) is 0 Å². The van der Waals surface area contributed by atoms with Crippen molar-refractivity contribution in [2.24, 2.45) is 0 Å². The van der Waals surface area contributed by atoms with E-state index in [0.29, 0.717) is 11.4 Å². The number of hydrogen-bond donors (Lipinski definition) is 1. The van der Waals surface area contributed by atoms with Gasteiger partial charge >= 0.3 is 0 Å². The van der Waals surface area contributed by atoms with Gasteiger partial charge in [0.15, 0.2) is 5.82 Å². The number of nitrogens with zero attached hydrogens (tertiary/aromatic N) is 5. The molecule has 8 heteroatoms. The number of nitrogens with one attached hydrogen (secondary N) is 1. The quantitative estimate of drug-likeness (QED) is 0.454. The number of benzene rings is 2. The molecule has 2 aromatic heterocycles. The van der Waals surface area contributed by atoms with Crippen molar-refractivity contribution in [1.29, 1.82) is 0 Å². The van der Waals surface area contributed by atoms with Crippen LogP contribution in [0.2, 0.25) is 0 Å². The van der Waals surface area contributed by atoms with Gasteiger partial charge in [0.05, 0.1) is 11.4 Å². The van der Waals surface area contributed by atoms with Crippen LogP contribution >= 0.6 is 0 Å². The normalized spacial score (nSPS) is 11.1. The summed E-state index contributed by atoms with van der Waals surface area (Å²) in [5.41, 5.74) is 4.81. The Bertz CT molecular complexity index is 1360. The predicted octanol–water partition coefficient (Wildman–Crippen LogP) is 5.13. The van der Waals surface area contributed by atoms with Gasteiger partial charge in [0, 0.05) is 36.1 Å². The van der Waals surface area contributed by atoms with E-state index in [-0.39, 0.29) is 26.1 Å². The molecule has 2 aromatic carbocycles. The Morgan fingerprint density at radius 1 is 1.00 bits per heavy atom. The second kappa shape index (κ2) is 11.2. The van der Waals surface area contributed by atoms with Crippen LogP contribution in [0.4, 0.5) is 4.39 Å². The Labute approximate surface area is 199 Å². The first-order chi connectivity index (χ1) is 15.4. The van der Waals surface area contributed by atoms with Crippen molar-refractivity contribution < 1.29 is 4.39 Å². The van der Waals surface area contributed by atoms with E-state index in [1.807, 2.05) is 22.9 Å². The number of rotatable bonds is 4. The van der Waals surface area contributed by atoms with Crippen molar-refractivity contribution in [1.82, 2.24) is 29.9 Å². The molecule has 7 nitrogen and oxygen atoms in total. The molecule has 1 N–H and O–H groups in total. The molecule has 0 amide bonds. The van der Waals surface area contributed by atoms with Crippen molar-refractivity contribution in [2.45, 2.75) is 42.2 Å². The van der Waals surface area contributed by atoms with Crippen molar-refractivity contribution in [3.8, 4) is 17.1 Å². The summed E-state index contributed by atoms with van der Waals surface area (Å²) < 4.78 is 16.8. The summed E-state index contributed by atoms with van der Waals surface area (Å²) in [5.74, 6) is 0.464. The molecule has 0 radical (unpaired) electrons. The summed E-state index contributed by atoms with van der Waals surface area (Å²) in [6.07, 6.45) is 5.09. The van der Waals surface area contributed by atoms with Gasteiger partial charge in [-0.2, -0.15) is 10.2 Å². The predicted molar refractivity (Wildman–Crippen MR) is 135 cm³/mol. The lowest BCUT2D eigenvalue weighted by Gasteiger charge is -2.07. The van der Waals surface area contributed by atoms with Gasteiger partial charge in [-0.1, -0.05) is 38.6 Å². The molecule has 0 bridgehead atoms. The van der Waals surface area contributed by atoms with E-state index in [9.17, 15) is 9.18 Å². The first kappa shape index (κ1) is 26.2. The van der Waals surface area contributed by atoms with Crippen LogP contribution in [-0.2, 0) is 6.54 Å². The molecule has 178 valence electrons. The third-order valence-electron chi connectivity index (χ3n) is 4.86. The SMILES string of the molecule is C.C.CCn1cnc(-c2cccc(C)c2)n1.Cc1nn(-c2cc(F)cc(C3=CN3)c2)ccc1=O. The van der Waals surface area contributed by atoms with E-state index in [1.165, 1.54) is 34.6 Å². The molecule has 0 atom stereocenters. The number of halogens is 1. The van der Waals surface area contributed by atoms with Crippen molar-refractivity contribution in [2.75, 3.05) is 0 Å². The molecule has 5 rings (SSSR count). The number of aryl methyl sites for hydroxylation is 3. The molecule has 1 aliphatic rings. The second-order valence-corrected chi connectivity index (χ2v) is 7.40. The molecule has 0 unspecified atom stereocenters. The van der Waals surface area contributed by atoms with Crippen LogP contribution in [-0.4, -0.2) is 24.5 Å². The molecule has 1 aliphatic heterocycles. The summed E-state index contributed by atoms with van der Waals surface area (Å²) in [6.45, 7) is 6.61. The minimum atomic E-state index is -0.338. The maximum absolute atomic E-state index is 13.5. The van der Waals surface area contributed by atoms with Crippen LogP contribution in [0.25, 0.3) is 22.8 Å². The van der Waals surface area contributed by atoms with Gasteiger partial charge in [-0.25, -0.2) is 14.1 Å². The molecule has 34 heavy (non-hydrogen) atoms. The van der Waals surface area contributed by atoms with E-state index >= 15 is 0 Å². The zero-order chi connectivity index (χ0) is 22.7. The standard InChI is InChI=1S/C13H10FN3O.C11H13N3.2CH4/c1-8-13(18)2-3-17(16-8)11-5-9(12-7-15-12)4-10(14)6-11;1-3-14-8-12-11(13-14)10-6-4-5-9(2)7-10;;/h2-7,15H,1H3;4-8H,3H2,1-2H3;2*1H4. The fourth-order valence-corrected chi connectivity index (χ4v) is 3.08. The summed E-state index contributed by atoms with van der Waals surface area (Å²) in [5, 5.41) is 11.4. The average molecular weight is 463 g/mol. The second-order valence-electron chi connectivity index (χ2n) is 7.40. The molecule has 0 spiro atoms. The van der Waals surface area contributed by atoms with Crippen LogP contribution in [0.15, 0.2) is 72.0 Å². The third-order valence-corrected chi connectivity index (χ3v) is 4.86. The minimum Gasteiger partial charge on any atom is -0.358 e. The lowest BCUT2D eigenvalue weighted by Crippen LogP contribution is -2.12. The molecular weight excluding hydrogens is 431 g/mol. The summed E-state index contributed by atoms with van der Waals surface area (Å²) in [4.78, 5) is 15.5. The van der Waals surface area contributed by atoms with Gasteiger partial charge in [0.25, 0.3) is 0 Å². The van der Waals surface area contributed by atoms with E-state index in [4.69, 9.17) is 0 Å². The van der Waals surface area contributed by atoms with Crippen LogP contribution in [0.3, 0.4) is 0 Å². The summed E-state index contributed by atoms with van der Waals surface area (Å²) in [6, 6.07) is 14.3. The van der Waals surface area contributed by atoms with E-state index in [2.05, 4.69) is 46.5 Å². The van der Waals surface area contributed by atoms with Crippen molar-refractivity contribution in [3.05, 3.63) is 100 Å². The fourth-order valence-electron chi connectivity index (χ4n) is 3.08. The van der Waals surface area contributed by atoms with E-state index in [1.54, 1.807) is 19.5 Å². The monoisotopic (exact) mass is 462 g/mol. The maximum Gasteiger partial charge on any atom is 0.203 e. The van der Waals surface area contributed by atoms with Gasteiger partial charge in [0.2, 0.25) is 5.43 Å². The number of aromatic nitrogens is 5. The molecule has 0 fully saturated rings. The van der Waals surface area contributed by atoms with Crippen LogP contribution in [0, 0.1) is 19.7 Å². The first-order valence-corrected chi connectivity index (χ1v) is 10.2. The molecule has 0 saturated heterocycles. The smallest absolute Gasteiger partial charge is 0.203 e. The van der Waals surface area contributed by atoms with Gasteiger partial charge in [-0.05, 0) is 45.0 Å². The molecular formula is C26H31FN6O. The summed E-state index contributed by atoms with van der Waals surface area (Å²) >= 11 is 0. The summed E-state index contributed by atoms with van der Waals surface area (Å²) in [7, 11) is 0. The van der Waals surface area contributed by atoms with Gasteiger partial charge in [-0.3, -0.25) is 9.48 Å². The van der Waals surface area contributed by atoms with E-state index < -0.39 is 0 Å². The van der Waals surface area contributed by atoms with Crippen LogP contribution in [0.5, 0.6) is 0 Å². The Morgan fingerprint density at radius 2 is 1.76 bits per heavy atom. The third kappa shape index (κ3) is 6.25. The Morgan fingerprint density at radius 3 is 2.38 bits per heavy atom. The molecule has 0 aliphatic carbocycles. The Kier molecular flexibility index (Phi) is 8.61. The Balaban J connectivity index is 0.000000233. The highest BCUT2D eigenvalue weighted by Gasteiger charge is 2.12. The highest BCUT2D eigenvalue weighted by Crippen LogP contribution is 2.22. The Hall–Kier alpha value is -4.07. The first-order valence-electron chi connectivity index (χ1n) is 10.2. The number of hydrogen-bond acceptors (Lipinski definition) is 5. The highest BCUT2D eigenvalue weighted by molar-refractivity contribution is 5.75. The van der Waals surface area contributed by atoms with E-state index in [0.717, 1.165) is 29.2 Å². The van der Waals surface area contributed by atoms with Crippen LogP contribution < -0.4 is 10.7 Å². The fraction of sp³-hybridized carbons (Fsp3) is 0.231. The molecule has 0 saturated carbocycles. The molecule has 3 heterocycles. The lowest BCUT2D eigenvalue weighted by atomic mass is 10.1. The van der Waals surface area contributed by atoms with Crippen molar-refractivity contribution >= 4 is 5.70 Å². The topological polar surface area (TPSA) is 87.5 Å². The van der Waals surface area contributed by atoms with Gasteiger partial charge in [0.1, 0.15) is 17.8 Å². The lowest BCUT2D eigenvalue weighted by molar-refractivity contribution is 0.624. The van der Waals surface area contributed by atoms with Gasteiger partial charge in [-0.15, -0.1) is 0 Å². The zero-order valence-corrected chi connectivity index (χ0v) is 18.1. The maximum atomic E-state index is 13.5. The molecule has 4 aromatic rings. The van der Waals surface area contributed by atoms with Gasteiger partial charge < -0.3 is 5.32 Å². The van der Waals surface area contributed by atoms with Crippen LogP contribution in [0.1, 0.15) is 38.6 Å². The highest BCUT2D eigenvalue weighted by atomic mass is 19.1.